The van der Waals surface area contributed by atoms with Crippen molar-refractivity contribution in [1.29, 1.82) is 0 Å². The van der Waals surface area contributed by atoms with E-state index in [1.54, 1.807) is 26.8 Å². The maximum atomic E-state index is 13.3. The molecule has 1 aromatic heterocycles. The van der Waals surface area contributed by atoms with E-state index in [-0.39, 0.29) is 23.8 Å². The molecule has 3 amide bonds. The molecule has 0 radical (unpaired) electrons. The van der Waals surface area contributed by atoms with Gasteiger partial charge in [0.2, 0.25) is 5.91 Å². The van der Waals surface area contributed by atoms with Crippen LogP contribution in [0, 0.1) is 11.3 Å². The van der Waals surface area contributed by atoms with E-state index >= 15 is 0 Å². The van der Waals surface area contributed by atoms with Gasteiger partial charge in [0.25, 0.3) is 11.8 Å². The van der Waals surface area contributed by atoms with Gasteiger partial charge in [-0.1, -0.05) is 36.8 Å². The number of esters is 1. The fourth-order valence-corrected chi connectivity index (χ4v) is 5.35. The zero-order valence-electron chi connectivity index (χ0n) is 24.1. The maximum absolute atomic E-state index is 13.3. The zero-order valence-corrected chi connectivity index (χ0v) is 24.1. The van der Waals surface area contributed by atoms with Gasteiger partial charge in [-0.25, -0.2) is 5.43 Å². The SMILES string of the molecule is C[C@@H]1NC(=O)[C@H](C2CCC2)OC(=O)C(C)(C)/C=C/c2ccc3ccc(nc3c2)[C@@H](C)NC(=O)[C@@H]2CCCN(N2)C1=O. The number of carbonyl (C=O) groups excluding carboxylic acids is 4. The second kappa shape index (κ2) is 11.6. The number of nitrogens with zero attached hydrogens (tertiary/aromatic N) is 2. The third-order valence-electron chi connectivity index (χ3n) is 8.33. The molecule has 1 aliphatic carbocycles. The van der Waals surface area contributed by atoms with Crippen molar-refractivity contribution in [2.45, 2.75) is 84.0 Å². The van der Waals surface area contributed by atoms with Gasteiger partial charge < -0.3 is 15.4 Å². The molecule has 10 heteroatoms. The minimum absolute atomic E-state index is 0.0911. The summed E-state index contributed by atoms with van der Waals surface area (Å²) in [6, 6.07) is 7.88. The van der Waals surface area contributed by atoms with E-state index in [9.17, 15) is 19.2 Å². The number of rotatable bonds is 1. The van der Waals surface area contributed by atoms with Gasteiger partial charge in [0.1, 0.15) is 12.1 Å². The molecule has 4 atom stereocenters. The lowest BCUT2D eigenvalue weighted by molar-refractivity contribution is -0.168. The Bertz CT molecular complexity index is 1380. The molecule has 3 N–H and O–H groups in total. The maximum Gasteiger partial charge on any atom is 0.316 e. The zero-order chi connectivity index (χ0) is 29.3. The number of benzene rings is 1. The van der Waals surface area contributed by atoms with Crippen LogP contribution in [0.2, 0.25) is 0 Å². The number of carbonyl (C=O) groups is 4. The van der Waals surface area contributed by atoms with E-state index in [0.29, 0.717) is 25.1 Å². The predicted octanol–water partition coefficient (Wildman–Crippen LogP) is 3.18. The van der Waals surface area contributed by atoms with E-state index in [2.05, 4.69) is 16.1 Å². The Morgan fingerprint density at radius 2 is 1.66 bits per heavy atom. The number of amides is 3. The molecule has 1 aromatic carbocycles. The summed E-state index contributed by atoms with van der Waals surface area (Å²) in [4.78, 5) is 57.9. The monoisotopic (exact) mass is 561 g/mol. The van der Waals surface area contributed by atoms with Gasteiger partial charge in [-0.15, -0.1) is 0 Å². The molecule has 41 heavy (non-hydrogen) atoms. The second-order valence-corrected chi connectivity index (χ2v) is 12.0. The number of cyclic esters (lactones) is 1. The summed E-state index contributed by atoms with van der Waals surface area (Å²) in [5, 5.41) is 8.14. The minimum atomic E-state index is -1.00. The van der Waals surface area contributed by atoms with Crippen LogP contribution in [0.5, 0.6) is 0 Å². The van der Waals surface area contributed by atoms with Gasteiger partial charge in [0.05, 0.1) is 22.7 Å². The molecular weight excluding hydrogens is 522 g/mol. The highest BCUT2D eigenvalue weighted by atomic mass is 16.5. The highest BCUT2D eigenvalue weighted by Gasteiger charge is 2.40. The topological polar surface area (TPSA) is 130 Å². The highest BCUT2D eigenvalue weighted by Crippen LogP contribution is 2.33. The molecule has 0 spiro atoms. The lowest BCUT2D eigenvalue weighted by Crippen LogP contribution is -2.61. The Labute approximate surface area is 240 Å². The van der Waals surface area contributed by atoms with Crippen LogP contribution in [0.4, 0.5) is 0 Å². The second-order valence-electron chi connectivity index (χ2n) is 12.0. The van der Waals surface area contributed by atoms with Gasteiger partial charge in [0, 0.05) is 17.8 Å². The summed E-state index contributed by atoms with van der Waals surface area (Å²) in [6.45, 7) is 7.40. The summed E-state index contributed by atoms with van der Waals surface area (Å²) in [5.74, 6) is -1.67. The summed E-state index contributed by atoms with van der Waals surface area (Å²) in [6.07, 6.45) is 6.35. The molecule has 10 nitrogen and oxygen atoms in total. The third kappa shape index (κ3) is 6.27. The quantitative estimate of drug-likeness (QED) is 0.456. The smallest absolute Gasteiger partial charge is 0.316 e. The normalized spacial score (nSPS) is 28.8. The van der Waals surface area contributed by atoms with Crippen molar-refractivity contribution < 1.29 is 23.9 Å². The number of fused-ring (bicyclic) bond motifs is 4. The lowest BCUT2D eigenvalue weighted by Gasteiger charge is -2.36. The first-order valence-corrected chi connectivity index (χ1v) is 14.5. The number of nitrogens with one attached hydrogen (secondary N) is 3. The first-order valence-electron chi connectivity index (χ1n) is 14.5. The van der Waals surface area contributed by atoms with Crippen LogP contribution in [-0.2, 0) is 23.9 Å². The largest absolute Gasteiger partial charge is 0.451 e. The van der Waals surface area contributed by atoms with Crippen molar-refractivity contribution in [2.75, 3.05) is 6.54 Å². The Balaban J connectivity index is 1.48. The van der Waals surface area contributed by atoms with Crippen molar-refractivity contribution in [2.24, 2.45) is 11.3 Å². The van der Waals surface area contributed by atoms with Crippen LogP contribution in [0.15, 0.2) is 36.4 Å². The van der Waals surface area contributed by atoms with Crippen LogP contribution >= 0.6 is 0 Å². The van der Waals surface area contributed by atoms with E-state index in [0.717, 1.165) is 35.7 Å². The standard InChI is InChI=1S/C31H39N5O5/c1-18-23-13-12-21-11-10-20(17-25(21)34-23)14-15-31(3,4)30(40)41-26(22-7-5-8-22)28(38)33-19(2)29(39)36-16-6-9-24(35-36)27(37)32-18/h10-15,17-19,22,24,26,35H,5-9,16H2,1-4H3,(H,32,37)(H,33,38)/b15-14+/t18-,19+,24+,26+/m1/s1. The van der Waals surface area contributed by atoms with Crippen LogP contribution in [0.3, 0.4) is 0 Å². The number of pyridine rings is 1. The number of hydrogen-bond acceptors (Lipinski definition) is 7. The molecule has 5 rings (SSSR count). The first kappa shape index (κ1) is 28.7. The number of ether oxygens (including phenoxy) is 1. The summed E-state index contributed by atoms with van der Waals surface area (Å²) >= 11 is 0. The minimum Gasteiger partial charge on any atom is -0.451 e. The van der Waals surface area contributed by atoms with Crippen molar-refractivity contribution in [1.82, 2.24) is 26.1 Å². The Morgan fingerprint density at radius 3 is 2.39 bits per heavy atom. The van der Waals surface area contributed by atoms with Gasteiger partial charge in [-0.3, -0.25) is 29.2 Å². The molecule has 1 saturated heterocycles. The van der Waals surface area contributed by atoms with Crippen LogP contribution < -0.4 is 16.1 Å². The molecule has 5 bridgehead atoms. The van der Waals surface area contributed by atoms with Crippen molar-refractivity contribution in [3.05, 3.63) is 47.7 Å². The molecule has 1 saturated carbocycles. The summed E-state index contributed by atoms with van der Waals surface area (Å²) < 4.78 is 5.84. The van der Waals surface area contributed by atoms with E-state index < -0.39 is 35.5 Å². The lowest BCUT2D eigenvalue weighted by atomic mass is 9.80. The molecule has 218 valence electrons. The molecule has 2 aromatic rings. The molecule has 3 heterocycles. The average molecular weight is 562 g/mol. The number of hydrogen-bond donors (Lipinski definition) is 3. The number of hydrazine groups is 1. The molecular formula is C31H39N5O5. The Hall–Kier alpha value is -3.79. The van der Waals surface area contributed by atoms with Crippen LogP contribution in [0.1, 0.15) is 77.1 Å². The molecule has 2 aliphatic heterocycles. The molecule has 2 fully saturated rings. The first-order chi connectivity index (χ1) is 19.5. The van der Waals surface area contributed by atoms with Crippen molar-refractivity contribution in [3.8, 4) is 0 Å². The van der Waals surface area contributed by atoms with Gasteiger partial charge >= 0.3 is 5.97 Å². The van der Waals surface area contributed by atoms with Gasteiger partial charge in [-0.2, -0.15) is 0 Å². The Morgan fingerprint density at radius 1 is 0.927 bits per heavy atom. The van der Waals surface area contributed by atoms with Gasteiger partial charge in [-0.05, 0) is 71.1 Å². The highest BCUT2D eigenvalue weighted by molar-refractivity contribution is 5.91. The summed E-state index contributed by atoms with van der Waals surface area (Å²) in [7, 11) is 0. The summed E-state index contributed by atoms with van der Waals surface area (Å²) in [5.41, 5.74) is 4.38. The van der Waals surface area contributed by atoms with Gasteiger partial charge in [0.15, 0.2) is 6.10 Å². The van der Waals surface area contributed by atoms with Crippen LogP contribution in [0.25, 0.3) is 17.0 Å². The van der Waals surface area contributed by atoms with Crippen LogP contribution in [-0.4, -0.2) is 58.4 Å². The van der Waals surface area contributed by atoms with E-state index in [1.165, 1.54) is 5.01 Å². The molecule has 3 aliphatic rings. The number of aromatic nitrogens is 1. The molecule has 0 unspecified atom stereocenters. The third-order valence-corrected chi connectivity index (χ3v) is 8.33. The van der Waals surface area contributed by atoms with Crippen molar-refractivity contribution in [3.63, 3.8) is 0 Å². The van der Waals surface area contributed by atoms with E-state index in [4.69, 9.17) is 9.72 Å². The van der Waals surface area contributed by atoms with E-state index in [1.807, 2.05) is 43.3 Å². The average Bonchev–Trinajstić information content (AvgIpc) is 2.93. The van der Waals surface area contributed by atoms with Crippen molar-refractivity contribution >= 4 is 40.7 Å². The fourth-order valence-electron chi connectivity index (χ4n) is 5.35. The fraction of sp³-hybridized carbons (Fsp3) is 0.516. The Kier molecular flexibility index (Phi) is 8.13. The predicted molar refractivity (Wildman–Crippen MR) is 154 cm³/mol.